The second-order valence-electron chi connectivity index (χ2n) is 9.61. The maximum Gasteiger partial charge on any atom is 0.162 e. The first-order chi connectivity index (χ1) is 19.6. The average molecular weight is 565 g/mol. The largest absolute Gasteiger partial charge is 0.489 e. The number of hydrogen-bond donors (Lipinski definition) is 0. The zero-order chi connectivity index (χ0) is 27.5. The SMILES string of the molecule is Cc1ccc(N2C(c3ccccc3)=NN(c3ccccc3)[C@H]2c2cccc(OCc3c(Cl)cccc3Cl)c2)cc1. The summed E-state index contributed by atoms with van der Waals surface area (Å²) in [5, 5.41) is 8.46. The predicted octanol–water partition coefficient (Wildman–Crippen LogP) is 9.27. The van der Waals surface area contributed by atoms with Crippen LogP contribution in [0.3, 0.4) is 0 Å². The lowest BCUT2D eigenvalue weighted by molar-refractivity contribution is 0.306. The first-order valence-corrected chi connectivity index (χ1v) is 13.8. The topological polar surface area (TPSA) is 28.1 Å². The van der Waals surface area contributed by atoms with E-state index in [4.69, 9.17) is 33.0 Å². The maximum atomic E-state index is 6.40. The van der Waals surface area contributed by atoms with Gasteiger partial charge in [0.1, 0.15) is 12.4 Å². The number of anilines is 2. The van der Waals surface area contributed by atoms with Gasteiger partial charge >= 0.3 is 0 Å². The van der Waals surface area contributed by atoms with Gasteiger partial charge in [0.2, 0.25) is 0 Å². The standard InChI is InChI=1S/C34H27Cl2N3O/c1-24-18-20-27(21-19-24)38-33(25-10-4-2-5-11-25)37-39(28-13-6-3-7-14-28)34(38)26-12-8-15-29(22-26)40-23-30-31(35)16-9-17-32(30)36/h2-22,34H,23H2,1H3/t34-/m0/s1. The Labute approximate surface area is 244 Å². The summed E-state index contributed by atoms with van der Waals surface area (Å²) in [6, 6.07) is 42.7. The quantitative estimate of drug-likeness (QED) is 0.197. The van der Waals surface area contributed by atoms with E-state index in [-0.39, 0.29) is 12.8 Å². The van der Waals surface area contributed by atoms with Gasteiger partial charge in [0.25, 0.3) is 0 Å². The lowest BCUT2D eigenvalue weighted by atomic mass is 10.1. The van der Waals surface area contributed by atoms with Crippen LogP contribution in [0.2, 0.25) is 10.0 Å². The monoisotopic (exact) mass is 563 g/mol. The molecule has 0 aromatic heterocycles. The molecule has 0 saturated heterocycles. The average Bonchev–Trinajstić information content (AvgIpc) is 3.39. The molecule has 0 spiro atoms. The Balaban J connectivity index is 1.44. The second kappa shape index (κ2) is 11.5. The number of rotatable bonds is 7. The van der Waals surface area contributed by atoms with Crippen LogP contribution in [0.4, 0.5) is 11.4 Å². The van der Waals surface area contributed by atoms with E-state index in [0.717, 1.165) is 39.7 Å². The summed E-state index contributed by atoms with van der Waals surface area (Å²) < 4.78 is 6.22. The maximum absolute atomic E-state index is 6.40. The number of aryl methyl sites for hydroxylation is 1. The third kappa shape index (κ3) is 5.29. The number of hydrazone groups is 1. The number of para-hydroxylation sites is 1. The van der Waals surface area contributed by atoms with Crippen LogP contribution in [-0.4, -0.2) is 5.84 Å². The minimum absolute atomic E-state index is 0.257. The smallest absolute Gasteiger partial charge is 0.162 e. The van der Waals surface area contributed by atoms with Crippen molar-refractivity contribution in [3.63, 3.8) is 0 Å². The van der Waals surface area contributed by atoms with Crippen LogP contribution in [0.15, 0.2) is 132 Å². The summed E-state index contributed by atoms with van der Waals surface area (Å²) >= 11 is 12.8. The van der Waals surface area contributed by atoms with E-state index in [1.165, 1.54) is 5.56 Å². The third-order valence-electron chi connectivity index (χ3n) is 6.87. The van der Waals surface area contributed by atoms with Gasteiger partial charge < -0.3 is 4.74 Å². The zero-order valence-electron chi connectivity index (χ0n) is 21.9. The Hall–Kier alpha value is -4.25. The second-order valence-corrected chi connectivity index (χ2v) is 10.4. The summed E-state index contributed by atoms with van der Waals surface area (Å²) in [5.74, 6) is 1.59. The summed E-state index contributed by atoms with van der Waals surface area (Å²) in [6.07, 6.45) is -0.257. The fourth-order valence-electron chi connectivity index (χ4n) is 4.84. The van der Waals surface area contributed by atoms with Crippen molar-refractivity contribution in [1.29, 1.82) is 0 Å². The summed E-state index contributed by atoms with van der Waals surface area (Å²) in [7, 11) is 0. The Morgan fingerprint density at radius 1 is 0.700 bits per heavy atom. The van der Waals surface area contributed by atoms with Crippen molar-refractivity contribution in [3.8, 4) is 5.75 Å². The Morgan fingerprint density at radius 3 is 2.05 bits per heavy atom. The highest BCUT2D eigenvalue weighted by Gasteiger charge is 2.38. The van der Waals surface area contributed by atoms with E-state index >= 15 is 0 Å². The molecule has 0 aliphatic carbocycles. The van der Waals surface area contributed by atoms with E-state index in [1.807, 2.05) is 66.7 Å². The van der Waals surface area contributed by atoms with E-state index < -0.39 is 0 Å². The van der Waals surface area contributed by atoms with Crippen LogP contribution < -0.4 is 14.6 Å². The van der Waals surface area contributed by atoms with Crippen LogP contribution in [-0.2, 0) is 6.61 Å². The van der Waals surface area contributed by atoms with E-state index in [1.54, 1.807) is 0 Å². The first kappa shape index (κ1) is 26.0. The van der Waals surface area contributed by atoms with Crippen LogP contribution in [0.5, 0.6) is 5.75 Å². The van der Waals surface area contributed by atoms with Crippen molar-refractivity contribution in [1.82, 2.24) is 0 Å². The van der Waals surface area contributed by atoms with Gasteiger partial charge in [-0.3, -0.25) is 4.90 Å². The van der Waals surface area contributed by atoms with Gasteiger partial charge in [0.05, 0.1) is 5.69 Å². The van der Waals surface area contributed by atoms with Crippen molar-refractivity contribution in [2.45, 2.75) is 19.7 Å². The van der Waals surface area contributed by atoms with E-state index in [9.17, 15) is 0 Å². The molecule has 0 fully saturated rings. The fourth-order valence-corrected chi connectivity index (χ4v) is 5.35. The molecule has 1 aliphatic heterocycles. The number of nitrogens with zero attached hydrogens (tertiary/aromatic N) is 3. The third-order valence-corrected chi connectivity index (χ3v) is 7.58. The molecule has 40 heavy (non-hydrogen) atoms. The molecule has 1 aliphatic rings. The number of halogens is 2. The van der Waals surface area contributed by atoms with Gasteiger partial charge in [-0.25, -0.2) is 5.01 Å². The summed E-state index contributed by atoms with van der Waals surface area (Å²) in [5.41, 5.74) is 6.06. The van der Waals surface area contributed by atoms with Gasteiger partial charge in [0, 0.05) is 32.4 Å². The van der Waals surface area contributed by atoms with Gasteiger partial charge in [0.15, 0.2) is 12.0 Å². The first-order valence-electron chi connectivity index (χ1n) is 13.1. The van der Waals surface area contributed by atoms with Crippen molar-refractivity contribution >= 4 is 40.4 Å². The number of benzene rings is 5. The summed E-state index contributed by atoms with van der Waals surface area (Å²) in [4.78, 5) is 2.28. The molecule has 4 nitrogen and oxygen atoms in total. The number of ether oxygens (including phenoxy) is 1. The highest BCUT2D eigenvalue weighted by atomic mass is 35.5. The molecule has 1 heterocycles. The molecule has 198 valence electrons. The molecule has 6 rings (SSSR count). The molecular formula is C34H27Cl2N3O. The molecular weight excluding hydrogens is 537 g/mol. The summed E-state index contributed by atoms with van der Waals surface area (Å²) in [6.45, 7) is 2.36. The highest BCUT2D eigenvalue weighted by molar-refractivity contribution is 6.35. The Morgan fingerprint density at radius 2 is 1.35 bits per heavy atom. The van der Waals surface area contributed by atoms with Gasteiger partial charge in [-0.2, -0.15) is 5.10 Å². The van der Waals surface area contributed by atoms with Crippen molar-refractivity contribution < 1.29 is 4.74 Å². The van der Waals surface area contributed by atoms with Crippen molar-refractivity contribution in [2.24, 2.45) is 5.10 Å². The number of hydrogen-bond acceptors (Lipinski definition) is 4. The van der Waals surface area contributed by atoms with Gasteiger partial charge in [-0.1, -0.05) is 108 Å². The zero-order valence-corrected chi connectivity index (χ0v) is 23.4. The van der Waals surface area contributed by atoms with Crippen LogP contribution in [0, 0.1) is 6.92 Å². The Bertz CT molecular complexity index is 1620. The molecule has 5 aromatic rings. The molecule has 0 amide bonds. The van der Waals surface area contributed by atoms with Crippen molar-refractivity contribution in [3.05, 3.63) is 160 Å². The molecule has 0 radical (unpaired) electrons. The van der Waals surface area contributed by atoms with E-state index in [2.05, 4.69) is 77.5 Å². The minimum atomic E-state index is -0.257. The normalized spacial score (nSPS) is 14.8. The highest BCUT2D eigenvalue weighted by Crippen LogP contribution is 2.41. The van der Waals surface area contributed by atoms with E-state index in [0.29, 0.717) is 10.0 Å². The predicted molar refractivity (Wildman–Crippen MR) is 166 cm³/mol. The molecule has 1 atom stereocenters. The van der Waals surface area contributed by atoms with Crippen LogP contribution in [0.1, 0.15) is 28.4 Å². The minimum Gasteiger partial charge on any atom is -0.489 e. The van der Waals surface area contributed by atoms with Crippen molar-refractivity contribution in [2.75, 3.05) is 9.91 Å². The molecule has 0 N–H and O–H groups in total. The van der Waals surface area contributed by atoms with Crippen LogP contribution in [0.25, 0.3) is 0 Å². The molecule has 0 saturated carbocycles. The van der Waals surface area contributed by atoms with Gasteiger partial charge in [-0.15, -0.1) is 0 Å². The molecule has 0 unspecified atom stereocenters. The van der Waals surface area contributed by atoms with Gasteiger partial charge in [-0.05, 0) is 55.5 Å². The fraction of sp³-hybridized carbons (Fsp3) is 0.0882. The lowest BCUT2D eigenvalue weighted by Crippen LogP contribution is -2.35. The molecule has 6 heteroatoms. The lowest BCUT2D eigenvalue weighted by Gasteiger charge is -2.32. The number of amidine groups is 1. The molecule has 0 bridgehead atoms. The van der Waals surface area contributed by atoms with Crippen LogP contribution >= 0.6 is 23.2 Å². The Kier molecular flexibility index (Phi) is 7.45. The molecule has 5 aromatic carbocycles.